The number of likely N-dealkylation sites (tertiary alicyclic amines) is 1. The fourth-order valence-electron chi connectivity index (χ4n) is 3.54. The van der Waals surface area contributed by atoms with Crippen molar-refractivity contribution in [1.29, 1.82) is 0 Å². The summed E-state index contributed by atoms with van der Waals surface area (Å²) in [5, 5.41) is 0. The molecule has 0 aromatic heterocycles. The quantitative estimate of drug-likeness (QED) is 0.740. The van der Waals surface area contributed by atoms with Gasteiger partial charge in [-0.05, 0) is 44.4 Å². The Morgan fingerprint density at radius 2 is 2.04 bits per heavy atom. The monoisotopic (exact) mass is 348 g/mol. The van der Waals surface area contributed by atoms with E-state index in [1.807, 2.05) is 30.0 Å². The van der Waals surface area contributed by atoms with Crippen LogP contribution >= 0.6 is 11.8 Å². The van der Waals surface area contributed by atoms with E-state index in [0.29, 0.717) is 12.5 Å². The fourth-order valence-corrected chi connectivity index (χ4v) is 4.44. The molecule has 2 heterocycles. The molecule has 0 N–H and O–H groups in total. The number of carbonyl (C=O) groups is 1. The summed E-state index contributed by atoms with van der Waals surface area (Å²) >= 11 is 1.95. The summed E-state index contributed by atoms with van der Waals surface area (Å²) in [6, 6.07) is 8.23. The van der Waals surface area contributed by atoms with Gasteiger partial charge in [-0.15, -0.1) is 0 Å². The predicted octanol–water partition coefficient (Wildman–Crippen LogP) is 2.80. The van der Waals surface area contributed by atoms with Gasteiger partial charge in [0.05, 0.1) is 12.6 Å². The molecule has 1 atom stereocenters. The van der Waals surface area contributed by atoms with Crippen LogP contribution in [-0.2, 0) is 4.79 Å². The van der Waals surface area contributed by atoms with Crippen molar-refractivity contribution in [3.05, 3.63) is 29.8 Å². The minimum atomic E-state index is 0.103. The van der Waals surface area contributed by atoms with Crippen LogP contribution in [0.5, 0.6) is 5.75 Å². The number of nitrogens with zero attached hydrogens (tertiary/aromatic N) is 2. The topological polar surface area (TPSA) is 32.8 Å². The summed E-state index contributed by atoms with van der Waals surface area (Å²) in [4.78, 5) is 17.2. The summed E-state index contributed by atoms with van der Waals surface area (Å²) in [5.41, 5.74) is 1.18. The third kappa shape index (κ3) is 4.45. The van der Waals surface area contributed by atoms with Crippen molar-refractivity contribution >= 4 is 17.7 Å². The van der Waals surface area contributed by atoms with Crippen LogP contribution in [0.1, 0.15) is 24.8 Å². The van der Waals surface area contributed by atoms with Crippen molar-refractivity contribution in [2.24, 2.45) is 0 Å². The normalized spacial score (nSPS) is 21.9. The van der Waals surface area contributed by atoms with Crippen LogP contribution in [0, 0.1) is 6.92 Å². The Hall–Kier alpha value is -1.20. The van der Waals surface area contributed by atoms with Crippen LogP contribution < -0.4 is 4.74 Å². The molecule has 2 aliphatic rings. The molecule has 2 fully saturated rings. The Morgan fingerprint density at radius 3 is 2.83 bits per heavy atom. The average molecular weight is 349 g/mol. The third-order valence-electron chi connectivity index (χ3n) is 4.91. The molecule has 0 spiro atoms. The number of rotatable bonds is 6. The van der Waals surface area contributed by atoms with Gasteiger partial charge >= 0.3 is 0 Å². The van der Waals surface area contributed by atoms with Gasteiger partial charge in [-0.25, -0.2) is 0 Å². The van der Waals surface area contributed by atoms with Gasteiger partial charge in [0.1, 0.15) is 5.75 Å². The predicted molar refractivity (Wildman–Crippen MR) is 99.8 cm³/mol. The minimum absolute atomic E-state index is 0.103. The average Bonchev–Trinajstić information content (AvgIpc) is 3.09. The van der Waals surface area contributed by atoms with Crippen molar-refractivity contribution in [3.8, 4) is 5.75 Å². The number of hydrogen-bond acceptors (Lipinski definition) is 4. The van der Waals surface area contributed by atoms with E-state index >= 15 is 0 Å². The Labute approximate surface area is 149 Å². The summed E-state index contributed by atoms with van der Waals surface area (Å²) < 4.78 is 5.88. The van der Waals surface area contributed by atoms with E-state index in [9.17, 15) is 4.79 Å². The highest BCUT2D eigenvalue weighted by atomic mass is 32.2. The van der Waals surface area contributed by atoms with Gasteiger partial charge in [0.2, 0.25) is 5.91 Å². The molecular formula is C19H28N2O2S. The maximum atomic E-state index is 12.8. The van der Waals surface area contributed by atoms with Crippen LogP contribution in [0.15, 0.2) is 24.3 Å². The van der Waals surface area contributed by atoms with Gasteiger partial charge in [0.15, 0.2) is 0 Å². The molecule has 0 aliphatic carbocycles. The summed E-state index contributed by atoms with van der Waals surface area (Å²) in [7, 11) is 0. The van der Waals surface area contributed by atoms with E-state index in [1.165, 1.54) is 5.56 Å². The summed E-state index contributed by atoms with van der Waals surface area (Å²) in [6.07, 6.45) is 3.12. The van der Waals surface area contributed by atoms with Gasteiger partial charge < -0.3 is 9.64 Å². The van der Waals surface area contributed by atoms with Gasteiger partial charge in [0.25, 0.3) is 0 Å². The molecule has 0 bridgehead atoms. The summed E-state index contributed by atoms with van der Waals surface area (Å²) in [6.45, 7) is 6.62. The zero-order chi connectivity index (χ0) is 16.8. The number of carbonyl (C=O) groups excluding carboxylic acids is 1. The van der Waals surface area contributed by atoms with Crippen molar-refractivity contribution in [3.63, 3.8) is 0 Å². The lowest BCUT2D eigenvalue weighted by Crippen LogP contribution is -2.48. The second kappa shape index (κ2) is 8.77. The summed E-state index contributed by atoms with van der Waals surface area (Å²) in [5.74, 6) is 3.50. The van der Waals surface area contributed by atoms with Crippen molar-refractivity contribution in [1.82, 2.24) is 9.80 Å². The van der Waals surface area contributed by atoms with Gasteiger partial charge in [-0.1, -0.05) is 18.2 Å². The largest absolute Gasteiger partial charge is 0.493 e. The van der Waals surface area contributed by atoms with Crippen LogP contribution in [0.25, 0.3) is 0 Å². The molecule has 132 valence electrons. The Kier molecular flexibility index (Phi) is 6.44. The molecule has 4 nitrogen and oxygen atoms in total. The zero-order valence-corrected chi connectivity index (χ0v) is 15.4. The van der Waals surface area contributed by atoms with E-state index in [4.69, 9.17) is 4.74 Å². The highest BCUT2D eigenvalue weighted by Crippen LogP contribution is 2.22. The van der Waals surface area contributed by atoms with E-state index in [2.05, 4.69) is 22.8 Å². The number of amides is 1. The standard InChI is InChI=1S/C19H28N2O2S/c1-16-6-2-3-8-18(16)23-13-5-10-20-9-4-7-17(20)19(22)21-11-14-24-15-12-21/h2-3,6,8,17H,4-5,7,9-15H2,1H3. The molecule has 1 amide bonds. The fraction of sp³-hybridized carbons (Fsp3) is 0.632. The first-order valence-electron chi connectivity index (χ1n) is 9.05. The zero-order valence-electron chi connectivity index (χ0n) is 14.6. The molecule has 1 aromatic rings. The molecule has 1 unspecified atom stereocenters. The number of thioether (sulfide) groups is 1. The molecule has 2 aliphatic heterocycles. The number of aryl methyl sites for hydroxylation is 1. The van der Waals surface area contributed by atoms with E-state index < -0.39 is 0 Å². The van der Waals surface area contributed by atoms with Crippen LogP contribution in [0.2, 0.25) is 0 Å². The van der Waals surface area contributed by atoms with Gasteiger partial charge in [-0.3, -0.25) is 9.69 Å². The first-order chi connectivity index (χ1) is 11.8. The Balaban J connectivity index is 1.44. The lowest BCUT2D eigenvalue weighted by Gasteiger charge is -2.32. The molecular weight excluding hydrogens is 320 g/mol. The number of benzene rings is 1. The van der Waals surface area contributed by atoms with Crippen molar-refractivity contribution < 1.29 is 9.53 Å². The van der Waals surface area contributed by atoms with E-state index in [1.54, 1.807) is 0 Å². The number of hydrogen-bond donors (Lipinski definition) is 0. The second-order valence-corrected chi connectivity index (χ2v) is 7.82. The van der Waals surface area contributed by atoms with Gasteiger partial charge in [-0.2, -0.15) is 11.8 Å². The Bertz CT molecular complexity index is 546. The highest BCUT2D eigenvalue weighted by molar-refractivity contribution is 7.99. The van der Waals surface area contributed by atoms with Crippen molar-refractivity contribution in [2.75, 3.05) is 44.3 Å². The first kappa shape index (κ1) is 17.6. The lowest BCUT2D eigenvalue weighted by molar-refractivity contribution is -0.135. The third-order valence-corrected chi connectivity index (χ3v) is 5.85. The molecule has 2 saturated heterocycles. The molecule has 24 heavy (non-hydrogen) atoms. The van der Waals surface area contributed by atoms with Crippen molar-refractivity contribution in [2.45, 2.75) is 32.2 Å². The molecule has 3 rings (SSSR count). The highest BCUT2D eigenvalue weighted by Gasteiger charge is 2.33. The lowest BCUT2D eigenvalue weighted by atomic mass is 10.2. The molecule has 1 aromatic carbocycles. The SMILES string of the molecule is Cc1ccccc1OCCCN1CCCC1C(=O)N1CCSCC1. The molecule has 0 radical (unpaired) electrons. The van der Waals surface area contributed by atoms with Crippen LogP contribution in [0.3, 0.4) is 0 Å². The van der Waals surface area contributed by atoms with E-state index in [-0.39, 0.29) is 6.04 Å². The number of para-hydroxylation sites is 1. The maximum Gasteiger partial charge on any atom is 0.239 e. The Morgan fingerprint density at radius 1 is 1.25 bits per heavy atom. The van der Waals surface area contributed by atoms with Gasteiger partial charge in [0, 0.05) is 31.1 Å². The molecule has 0 saturated carbocycles. The van der Waals surface area contributed by atoms with E-state index in [0.717, 1.165) is 62.7 Å². The minimum Gasteiger partial charge on any atom is -0.493 e. The van der Waals surface area contributed by atoms with Crippen LogP contribution in [-0.4, -0.2) is 66.0 Å². The smallest absolute Gasteiger partial charge is 0.239 e. The second-order valence-electron chi connectivity index (χ2n) is 6.60. The number of ether oxygens (including phenoxy) is 1. The maximum absolute atomic E-state index is 12.8. The first-order valence-corrected chi connectivity index (χ1v) is 10.2. The van der Waals surface area contributed by atoms with Crippen LogP contribution in [0.4, 0.5) is 0 Å². The molecule has 5 heteroatoms.